The molecule has 1 aromatic rings. The molecule has 6 nitrogen and oxygen atoms in total. The number of carbonyl (C=O) groups is 2. The maximum Gasteiger partial charge on any atom is 0.387 e. The van der Waals surface area contributed by atoms with Gasteiger partial charge < -0.3 is 14.2 Å². The van der Waals surface area contributed by atoms with Gasteiger partial charge in [-0.3, -0.25) is 9.78 Å². The summed E-state index contributed by atoms with van der Waals surface area (Å²) in [4.78, 5) is 26.5. The Hall–Kier alpha value is -2.51. The van der Waals surface area contributed by atoms with Gasteiger partial charge >= 0.3 is 12.6 Å². The van der Waals surface area contributed by atoms with Gasteiger partial charge in [-0.2, -0.15) is 8.78 Å². The van der Waals surface area contributed by atoms with Gasteiger partial charge in [0.15, 0.2) is 0 Å². The Bertz CT molecular complexity index is 545. The third kappa shape index (κ3) is 5.17. The molecular formula is C13H13F2NO5. The zero-order valence-electron chi connectivity index (χ0n) is 11.3. The van der Waals surface area contributed by atoms with Gasteiger partial charge in [0.05, 0.1) is 19.9 Å². The topological polar surface area (TPSA) is 74.7 Å². The van der Waals surface area contributed by atoms with E-state index in [0.717, 1.165) is 12.3 Å². The minimum absolute atomic E-state index is 0.0275. The maximum atomic E-state index is 12.1. The molecule has 0 fully saturated rings. The number of hydrogen-bond donors (Lipinski definition) is 0. The summed E-state index contributed by atoms with van der Waals surface area (Å²) in [6, 6.07) is 1.20. The molecule has 0 aliphatic heterocycles. The Morgan fingerprint density at radius 2 is 2.10 bits per heavy atom. The molecular weight excluding hydrogens is 288 g/mol. The van der Waals surface area contributed by atoms with Gasteiger partial charge in [-0.05, 0) is 13.0 Å². The van der Waals surface area contributed by atoms with Gasteiger partial charge in [-0.1, -0.05) is 0 Å². The monoisotopic (exact) mass is 301 g/mol. The fourth-order valence-corrected chi connectivity index (χ4v) is 1.36. The Morgan fingerprint density at radius 3 is 2.67 bits per heavy atom. The third-order valence-corrected chi connectivity index (χ3v) is 2.18. The molecule has 0 amide bonds. The second-order valence-electron chi connectivity index (χ2n) is 3.59. The van der Waals surface area contributed by atoms with Crippen molar-refractivity contribution < 1.29 is 32.6 Å². The fourth-order valence-electron chi connectivity index (χ4n) is 1.36. The second-order valence-corrected chi connectivity index (χ2v) is 3.59. The molecule has 1 rings (SSSR count). The maximum absolute atomic E-state index is 12.1. The van der Waals surface area contributed by atoms with Crippen LogP contribution in [0.1, 0.15) is 12.5 Å². The standard InChI is InChI=1S/C13H13F2NO5/c1-3-20-12(18)10(17)5-11(19-2)8-4-9(7-16-6-8)21-13(14)15/h4-7,13H,3H2,1-2H3/b11-5-. The van der Waals surface area contributed by atoms with Crippen LogP contribution in [-0.4, -0.2) is 37.1 Å². The van der Waals surface area contributed by atoms with Crippen LogP contribution in [-0.2, 0) is 19.1 Å². The molecule has 0 radical (unpaired) electrons. The Kier molecular flexibility index (Phi) is 6.25. The summed E-state index contributed by atoms with van der Waals surface area (Å²) in [6.07, 6.45) is 3.24. The first-order valence-electron chi connectivity index (χ1n) is 5.85. The third-order valence-electron chi connectivity index (χ3n) is 2.18. The lowest BCUT2D eigenvalue weighted by Gasteiger charge is -2.08. The quantitative estimate of drug-likeness (QED) is 0.331. The number of halogens is 2. The van der Waals surface area contributed by atoms with Crippen molar-refractivity contribution in [3.05, 3.63) is 30.1 Å². The van der Waals surface area contributed by atoms with Crippen LogP contribution >= 0.6 is 0 Å². The SMILES string of the molecule is CCOC(=O)C(=O)/C=C(\OC)c1cncc(OC(F)F)c1. The lowest BCUT2D eigenvalue weighted by Crippen LogP contribution is -2.15. The zero-order chi connectivity index (χ0) is 15.8. The number of hydrogen-bond acceptors (Lipinski definition) is 6. The van der Waals surface area contributed by atoms with E-state index >= 15 is 0 Å². The van der Waals surface area contributed by atoms with E-state index in [2.05, 4.69) is 14.5 Å². The number of methoxy groups -OCH3 is 1. The molecule has 1 aromatic heterocycles. The van der Waals surface area contributed by atoms with E-state index < -0.39 is 18.4 Å². The molecule has 21 heavy (non-hydrogen) atoms. The number of rotatable bonds is 7. The highest BCUT2D eigenvalue weighted by molar-refractivity contribution is 6.39. The fraction of sp³-hybridized carbons (Fsp3) is 0.308. The van der Waals surface area contributed by atoms with Crippen molar-refractivity contribution in [2.24, 2.45) is 0 Å². The molecule has 0 spiro atoms. The first kappa shape index (κ1) is 16.5. The Balaban J connectivity index is 2.99. The number of esters is 1. The summed E-state index contributed by atoms with van der Waals surface area (Å²) in [6.45, 7) is -1.39. The van der Waals surface area contributed by atoms with E-state index in [1.54, 1.807) is 6.92 Å². The summed E-state index contributed by atoms with van der Waals surface area (Å²) in [5.74, 6) is -2.21. The Morgan fingerprint density at radius 1 is 1.38 bits per heavy atom. The average molecular weight is 301 g/mol. The van der Waals surface area contributed by atoms with Crippen molar-refractivity contribution in [3.8, 4) is 5.75 Å². The molecule has 0 aliphatic rings. The molecule has 0 saturated carbocycles. The highest BCUT2D eigenvalue weighted by Gasteiger charge is 2.15. The van der Waals surface area contributed by atoms with Crippen molar-refractivity contribution in [1.82, 2.24) is 4.98 Å². The van der Waals surface area contributed by atoms with Gasteiger partial charge in [0, 0.05) is 17.8 Å². The van der Waals surface area contributed by atoms with Gasteiger partial charge in [0.1, 0.15) is 11.5 Å². The van der Waals surface area contributed by atoms with E-state index in [-0.39, 0.29) is 23.7 Å². The molecule has 0 aromatic carbocycles. The second kappa shape index (κ2) is 7.93. The van der Waals surface area contributed by atoms with E-state index in [1.165, 1.54) is 19.4 Å². The molecule has 8 heteroatoms. The van der Waals surface area contributed by atoms with E-state index in [9.17, 15) is 18.4 Å². The number of ether oxygens (including phenoxy) is 3. The predicted octanol–water partition coefficient (Wildman–Crippen LogP) is 1.80. The molecule has 0 atom stereocenters. The highest BCUT2D eigenvalue weighted by atomic mass is 19.3. The van der Waals surface area contributed by atoms with Crippen LogP contribution in [0.15, 0.2) is 24.5 Å². The van der Waals surface area contributed by atoms with Crippen molar-refractivity contribution in [1.29, 1.82) is 0 Å². The molecule has 0 unspecified atom stereocenters. The van der Waals surface area contributed by atoms with Gasteiger partial charge in [0.2, 0.25) is 0 Å². The van der Waals surface area contributed by atoms with E-state index in [0.29, 0.717) is 0 Å². The molecule has 0 saturated heterocycles. The zero-order valence-corrected chi connectivity index (χ0v) is 11.3. The van der Waals surface area contributed by atoms with E-state index in [1.807, 2.05) is 0 Å². The number of ketones is 1. The highest BCUT2D eigenvalue weighted by Crippen LogP contribution is 2.20. The van der Waals surface area contributed by atoms with Crippen LogP contribution in [0.3, 0.4) is 0 Å². The normalized spacial score (nSPS) is 11.2. The van der Waals surface area contributed by atoms with Gasteiger partial charge in [0.25, 0.3) is 5.78 Å². The van der Waals surface area contributed by atoms with Crippen LogP contribution in [0.4, 0.5) is 8.78 Å². The smallest absolute Gasteiger partial charge is 0.387 e. The summed E-state index contributed by atoms with van der Waals surface area (Å²) < 4.78 is 37.9. The molecule has 1 heterocycles. The largest absolute Gasteiger partial charge is 0.496 e. The Labute approximate surface area is 119 Å². The van der Waals surface area contributed by atoms with Crippen LogP contribution in [0.2, 0.25) is 0 Å². The minimum atomic E-state index is -3.00. The first-order chi connectivity index (χ1) is 9.97. The number of aromatic nitrogens is 1. The minimum Gasteiger partial charge on any atom is -0.496 e. The van der Waals surface area contributed by atoms with Crippen LogP contribution in [0.5, 0.6) is 5.75 Å². The summed E-state index contributed by atoms with van der Waals surface area (Å²) in [5, 5.41) is 0. The van der Waals surface area contributed by atoms with Crippen molar-refractivity contribution in [3.63, 3.8) is 0 Å². The first-order valence-corrected chi connectivity index (χ1v) is 5.85. The van der Waals surface area contributed by atoms with Crippen molar-refractivity contribution in [2.75, 3.05) is 13.7 Å². The average Bonchev–Trinajstić information content (AvgIpc) is 2.44. The van der Waals surface area contributed by atoms with Gasteiger partial charge in [-0.15, -0.1) is 0 Å². The van der Waals surface area contributed by atoms with Crippen LogP contribution < -0.4 is 4.74 Å². The molecule has 0 bridgehead atoms. The summed E-state index contributed by atoms with van der Waals surface area (Å²) in [5.41, 5.74) is 0.202. The van der Waals surface area contributed by atoms with Crippen molar-refractivity contribution in [2.45, 2.75) is 13.5 Å². The van der Waals surface area contributed by atoms with Crippen LogP contribution in [0.25, 0.3) is 5.76 Å². The lowest BCUT2D eigenvalue weighted by molar-refractivity contribution is -0.151. The number of pyridine rings is 1. The molecule has 114 valence electrons. The number of carbonyl (C=O) groups excluding carboxylic acids is 2. The lowest BCUT2D eigenvalue weighted by atomic mass is 10.2. The van der Waals surface area contributed by atoms with Crippen LogP contribution in [0, 0.1) is 0 Å². The van der Waals surface area contributed by atoms with E-state index in [4.69, 9.17) is 4.74 Å². The van der Waals surface area contributed by atoms with Gasteiger partial charge in [-0.25, -0.2) is 4.79 Å². The predicted molar refractivity (Wildman–Crippen MR) is 67.5 cm³/mol. The number of nitrogens with zero attached hydrogens (tertiary/aromatic N) is 1. The number of alkyl halides is 2. The molecule has 0 aliphatic carbocycles. The van der Waals surface area contributed by atoms with Crippen molar-refractivity contribution >= 4 is 17.5 Å². The summed E-state index contributed by atoms with van der Waals surface area (Å²) in [7, 11) is 1.25. The molecule has 0 N–H and O–H groups in total. The summed E-state index contributed by atoms with van der Waals surface area (Å²) >= 11 is 0.